The van der Waals surface area contributed by atoms with E-state index in [1.165, 1.54) is 0 Å². The van der Waals surface area contributed by atoms with E-state index in [-0.39, 0.29) is 25.2 Å². The van der Waals surface area contributed by atoms with Gasteiger partial charge in [-0.1, -0.05) is 11.6 Å². The Morgan fingerprint density at radius 3 is 2.50 bits per heavy atom. The number of aromatic amines is 2. The van der Waals surface area contributed by atoms with Gasteiger partial charge in [-0.25, -0.2) is 4.39 Å². The molecule has 2 aromatic rings. The van der Waals surface area contributed by atoms with Crippen molar-refractivity contribution in [1.29, 1.82) is 0 Å². The largest absolute Gasteiger partial charge is 0.329 e. The normalized spacial score (nSPS) is 11.0. The second-order valence-electron chi connectivity index (χ2n) is 2.91. The maximum absolute atomic E-state index is 13.8. The summed E-state index contributed by atoms with van der Waals surface area (Å²) in [4.78, 5) is 16.6. The molecule has 1 aromatic heterocycles. The predicted molar refractivity (Wildman–Crippen MR) is 70.1 cm³/mol. The van der Waals surface area contributed by atoms with Crippen LogP contribution in [0.4, 0.5) is 4.39 Å². The van der Waals surface area contributed by atoms with Gasteiger partial charge in [0.1, 0.15) is 0 Å². The maximum Gasteiger partial charge on any atom is 0.260 e. The molecule has 84 valence electrons. The zero-order valence-electron chi connectivity index (χ0n) is 7.33. The molecule has 0 saturated carbocycles. The molecular weight excluding hydrogens is 386 g/mol. The van der Waals surface area contributed by atoms with Gasteiger partial charge in [-0.2, -0.15) is 0 Å². The summed E-state index contributed by atoms with van der Waals surface area (Å²) in [5.41, 5.74) is -0.490. The average molecular weight is 388 g/mol. The van der Waals surface area contributed by atoms with Crippen molar-refractivity contribution >= 4 is 66.6 Å². The minimum atomic E-state index is -0.652. The average Bonchev–Trinajstić information content (AvgIpc) is 2.22. The Morgan fingerprint density at radius 2 is 1.88 bits per heavy atom. The van der Waals surface area contributed by atoms with Crippen LogP contribution in [-0.4, -0.2) is 9.97 Å². The number of rotatable bonds is 0. The van der Waals surface area contributed by atoms with Gasteiger partial charge >= 0.3 is 0 Å². The lowest BCUT2D eigenvalue weighted by molar-refractivity contribution is 0.629. The van der Waals surface area contributed by atoms with E-state index in [1.54, 1.807) is 0 Å². The summed E-state index contributed by atoms with van der Waals surface area (Å²) < 4.78 is 14.3. The molecule has 0 fully saturated rings. The van der Waals surface area contributed by atoms with Crippen LogP contribution in [0, 0.1) is 10.6 Å². The van der Waals surface area contributed by atoms with E-state index >= 15 is 0 Å². The van der Waals surface area contributed by atoms with E-state index in [0.717, 1.165) is 0 Å². The van der Waals surface area contributed by atoms with E-state index < -0.39 is 11.4 Å². The van der Waals surface area contributed by atoms with Crippen LogP contribution in [0.1, 0.15) is 0 Å². The molecule has 1 aromatic carbocycles. The summed E-state index contributed by atoms with van der Waals surface area (Å²) in [5, 5.41) is 0.195. The minimum Gasteiger partial charge on any atom is -0.329 e. The van der Waals surface area contributed by atoms with Crippen LogP contribution < -0.4 is 5.56 Å². The van der Waals surface area contributed by atoms with Crippen molar-refractivity contribution in [3.63, 3.8) is 0 Å². The lowest BCUT2D eigenvalue weighted by Gasteiger charge is -2.06. The summed E-state index contributed by atoms with van der Waals surface area (Å²) >= 11 is 16.7. The van der Waals surface area contributed by atoms with Gasteiger partial charge in [-0.15, -0.1) is 0 Å². The van der Waals surface area contributed by atoms with Crippen LogP contribution in [0.5, 0.6) is 0 Å². The van der Waals surface area contributed by atoms with Gasteiger partial charge in [0.05, 0.1) is 24.9 Å². The lowest BCUT2D eigenvalue weighted by atomic mass is 10.2. The highest BCUT2D eigenvalue weighted by Gasteiger charge is 2.18. The van der Waals surface area contributed by atoms with Crippen molar-refractivity contribution in [3.05, 3.63) is 34.9 Å². The molecule has 3 nitrogen and oxygen atoms in total. The number of H-pyrrole nitrogens is 2. The zero-order valence-corrected chi connectivity index (χ0v) is 12.1. The third kappa shape index (κ3) is 1.75. The number of benzene rings is 1. The molecule has 16 heavy (non-hydrogen) atoms. The Labute approximate surface area is 115 Å². The highest BCUT2D eigenvalue weighted by Crippen LogP contribution is 2.37. The molecule has 2 rings (SSSR count). The van der Waals surface area contributed by atoms with Crippen LogP contribution in [0.15, 0.2) is 13.7 Å². The Morgan fingerprint density at radius 1 is 1.25 bits per heavy atom. The van der Waals surface area contributed by atoms with Gasteiger partial charge in [0.15, 0.2) is 10.6 Å². The van der Waals surface area contributed by atoms with Crippen molar-refractivity contribution in [3.8, 4) is 0 Å². The summed E-state index contributed by atoms with van der Waals surface area (Å²) in [5.74, 6) is -0.652. The smallest absolute Gasteiger partial charge is 0.260 e. The van der Waals surface area contributed by atoms with Gasteiger partial charge < -0.3 is 4.98 Å². The Balaban J connectivity index is 3.21. The molecule has 2 N–H and O–H groups in total. The first kappa shape index (κ1) is 12.2. The van der Waals surface area contributed by atoms with E-state index in [9.17, 15) is 9.18 Å². The topological polar surface area (TPSA) is 48.6 Å². The van der Waals surface area contributed by atoms with Crippen molar-refractivity contribution in [2.75, 3.05) is 0 Å². The standard InChI is InChI=1S/C8H2Br2ClFN2OS/c9-2-1-6(5(12)3(10)4(2)11)13-8(16)14-7(1)15/h(H2,13,14,15,16). The fourth-order valence-electron chi connectivity index (χ4n) is 1.27. The first-order valence-corrected chi connectivity index (χ1v) is 6.29. The molecule has 1 heterocycles. The molecule has 0 bridgehead atoms. The van der Waals surface area contributed by atoms with Gasteiger partial charge in [-0.3, -0.25) is 9.78 Å². The minimum absolute atomic E-state index is 0.0110. The first-order chi connectivity index (χ1) is 7.43. The number of halogens is 4. The summed E-state index contributed by atoms with van der Waals surface area (Å²) in [7, 11) is 0. The Hall–Kier alpha value is -0.240. The third-order valence-corrected chi connectivity index (χ3v) is 4.54. The molecule has 0 radical (unpaired) electrons. The van der Waals surface area contributed by atoms with Crippen molar-refractivity contribution in [2.24, 2.45) is 0 Å². The van der Waals surface area contributed by atoms with Gasteiger partial charge in [0, 0.05) is 0 Å². The molecular formula is C8H2Br2ClFN2OS. The predicted octanol–water partition coefficient (Wildman–Crippen LogP) is 3.90. The van der Waals surface area contributed by atoms with Crippen LogP contribution in [0.25, 0.3) is 10.9 Å². The molecule has 0 amide bonds. The second kappa shape index (κ2) is 4.21. The number of hydrogen-bond acceptors (Lipinski definition) is 2. The lowest BCUT2D eigenvalue weighted by Crippen LogP contribution is -2.10. The summed E-state index contributed by atoms with van der Waals surface area (Å²) in [6, 6.07) is 0. The quantitative estimate of drug-likeness (QED) is 0.409. The monoisotopic (exact) mass is 386 g/mol. The molecule has 8 heteroatoms. The number of nitrogens with one attached hydrogen (secondary N) is 2. The van der Waals surface area contributed by atoms with Crippen molar-refractivity contribution in [1.82, 2.24) is 9.97 Å². The van der Waals surface area contributed by atoms with E-state index in [0.29, 0.717) is 4.47 Å². The highest BCUT2D eigenvalue weighted by atomic mass is 79.9. The number of hydrogen-bond donors (Lipinski definition) is 2. The highest BCUT2D eigenvalue weighted by molar-refractivity contribution is 9.11. The van der Waals surface area contributed by atoms with Crippen LogP contribution >= 0.6 is 55.7 Å². The van der Waals surface area contributed by atoms with Crippen molar-refractivity contribution in [2.45, 2.75) is 0 Å². The maximum atomic E-state index is 13.8. The zero-order chi connectivity index (χ0) is 12.0. The van der Waals surface area contributed by atoms with Crippen molar-refractivity contribution < 1.29 is 4.39 Å². The number of aromatic nitrogens is 2. The summed E-state index contributed by atoms with van der Waals surface area (Å²) in [6.07, 6.45) is 0. The molecule has 0 spiro atoms. The van der Waals surface area contributed by atoms with E-state index in [2.05, 4.69) is 41.8 Å². The molecule has 0 atom stereocenters. The van der Waals surface area contributed by atoms with Gasteiger partial charge in [0.2, 0.25) is 0 Å². The van der Waals surface area contributed by atoms with Gasteiger partial charge in [-0.05, 0) is 44.1 Å². The van der Waals surface area contributed by atoms with Crippen LogP contribution in [0.3, 0.4) is 0 Å². The molecule has 0 aliphatic carbocycles. The van der Waals surface area contributed by atoms with E-state index in [1.807, 2.05) is 0 Å². The fraction of sp³-hybridized carbons (Fsp3) is 0. The van der Waals surface area contributed by atoms with Crippen LogP contribution in [-0.2, 0) is 0 Å². The van der Waals surface area contributed by atoms with Crippen LogP contribution in [0.2, 0.25) is 5.02 Å². The summed E-state index contributed by atoms with van der Waals surface area (Å²) in [6.45, 7) is 0. The third-order valence-electron chi connectivity index (χ3n) is 1.96. The second-order valence-corrected chi connectivity index (χ2v) is 5.29. The number of fused-ring (bicyclic) bond motifs is 1. The van der Waals surface area contributed by atoms with Gasteiger partial charge in [0.25, 0.3) is 5.56 Å². The molecule has 0 aliphatic rings. The Bertz CT molecular complexity index is 712. The first-order valence-electron chi connectivity index (χ1n) is 3.91. The fourth-order valence-corrected chi connectivity index (χ4v) is 2.88. The Kier molecular flexibility index (Phi) is 3.22. The van der Waals surface area contributed by atoms with E-state index in [4.69, 9.17) is 23.8 Å². The molecule has 0 saturated heterocycles. The molecule has 0 aliphatic heterocycles. The SMILES string of the molecule is O=c1[nH]c(=S)[nH]c2c(F)c(Br)c(Cl)c(Br)c12. The molecule has 0 unspecified atom stereocenters.